The number of hydrogen-bond donors (Lipinski definition) is 4. The quantitative estimate of drug-likeness (QED) is 0.341. The number of carbonyl (C=O) groups excluding carboxylic acids is 1. The number of carbonyl (C=O) groups is 1. The summed E-state index contributed by atoms with van der Waals surface area (Å²) >= 11 is 0. The molecule has 1 saturated heterocycles. The molecule has 9 nitrogen and oxygen atoms in total. The van der Waals surface area contributed by atoms with Crippen LogP contribution in [0.3, 0.4) is 0 Å². The molecule has 0 unspecified atom stereocenters. The second-order valence-corrected chi connectivity index (χ2v) is 9.21. The third kappa shape index (κ3) is 6.21. The predicted molar refractivity (Wildman–Crippen MR) is 139 cm³/mol. The van der Waals surface area contributed by atoms with Gasteiger partial charge in [0.05, 0.1) is 22.6 Å². The predicted octanol–water partition coefficient (Wildman–Crippen LogP) is 3.69. The molecule has 6 N–H and O–H groups in total. The second kappa shape index (κ2) is 11.4. The van der Waals surface area contributed by atoms with E-state index < -0.39 is 11.3 Å². The van der Waals surface area contributed by atoms with Gasteiger partial charge in [0.25, 0.3) is 5.91 Å². The van der Waals surface area contributed by atoms with Crippen molar-refractivity contribution in [1.29, 1.82) is 10.5 Å². The monoisotopic (exact) mass is 485 g/mol. The third-order valence-corrected chi connectivity index (χ3v) is 6.13. The molecule has 2 heterocycles. The summed E-state index contributed by atoms with van der Waals surface area (Å²) in [7, 11) is 0. The molecule has 0 spiro atoms. The first-order chi connectivity index (χ1) is 17.2. The van der Waals surface area contributed by atoms with E-state index in [0.717, 1.165) is 35.7 Å². The zero-order valence-corrected chi connectivity index (χ0v) is 20.8. The average Bonchev–Trinajstić information content (AvgIpc) is 2.88. The van der Waals surface area contributed by atoms with E-state index in [9.17, 15) is 15.3 Å². The minimum Gasteiger partial charge on any atom is -0.404 e. The van der Waals surface area contributed by atoms with Crippen LogP contribution in [-0.2, 0) is 9.53 Å². The first kappa shape index (κ1) is 26.3. The molecule has 1 aromatic carbocycles. The number of ether oxygens (including phenoxy) is 1. The van der Waals surface area contributed by atoms with Crippen LogP contribution in [-0.4, -0.2) is 30.1 Å². The Hall–Kier alpha value is -4.34. The van der Waals surface area contributed by atoms with Crippen LogP contribution < -0.4 is 22.1 Å². The lowest BCUT2D eigenvalue weighted by Crippen LogP contribution is -2.28. The van der Waals surface area contributed by atoms with E-state index in [2.05, 4.69) is 27.8 Å². The van der Waals surface area contributed by atoms with Crippen molar-refractivity contribution in [3.63, 3.8) is 0 Å². The van der Waals surface area contributed by atoms with Crippen LogP contribution in [0.25, 0.3) is 11.1 Å². The number of anilines is 2. The highest BCUT2D eigenvalue weighted by atomic mass is 16.5. The molecule has 0 saturated carbocycles. The van der Waals surface area contributed by atoms with E-state index in [1.165, 1.54) is 6.08 Å². The third-order valence-electron chi connectivity index (χ3n) is 6.13. The van der Waals surface area contributed by atoms with Crippen molar-refractivity contribution in [3.05, 3.63) is 65.1 Å². The van der Waals surface area contributed by atoms with Crippen molar-refractivity contribution in [2.24, 2.45) is 16.9 Å². The Kier molecular flexibility index (Phi) is 8.31. The van der Waals surface area contributed by atoms with Crippen molar-refractivity contribution < 1.29 is 9.53 Å². The van der Waals surface area contributed by atoms with Gasteiger partial charge in [-0.1, -0.05) is 6.07 Å². The molecule has 1 amide bonds. The van der Waals surface area contributed by atoms with Crippen LogP contribution in [0.4, 0.5) is 11.5 Å². The van der Waals surface area contributed by atoms with Crippen LogP contribution in [0.1, 0.15) is 37.8 Å². The van der Waals surface area contributed by atoms with Crippen molar-refractivity contribution in [3.8, 4) is 23.3 Å². The highest BCUT2D eigenvalue weighted by Gasteiger charge is 2.22. The van der Waals surface area contributed by atoms with Crippen LogP contribution in [0.5, 0.6) is 0 Å². The summed E-state index contributed by atoms with van der Waals surface area (Å²) in [6.45, 7) is 6.64. The zero-order valence-electron chi connectivity index (χ0n) is 20.8. The first-order valence-electron chi connectivity index (χ1n) is 11.7. The molecular formula is C27H31N7O2. The standard InChI is InChI=1S/C27H31N7O2/c1-17-4-5-22(34-26(35)19(14-29)11-24(31)27(2,3)16-30)12-23(17)20-10-18(13-28)25(32-15-20)33-21-6-8-36-9-7-21/h4-5,10-12,14-15,21H,6-9,29,31H2,1-3H3,(H,32,33)(H,34,35)/b19-14+,24-11-. The molecule has 0 bridgehead atoms. The number of nitrogens with one attached hydrogen (secondary N) is 2. The van der Waals surface area contributed by atoms with Crippen LogP contribution in [0.2, 0.25) is 0 Å². The Morgan fingerprint density at radius 1 is 1.25 bits per heavy atom. The second-order valence-electron chi connectivity index (χ2n) is 9.21. The average molecular weight is 486 g/mol. The van der Waals surface area contributed by atoms with Crippen LogP contribution in [0, 0.1) is 35.0 Å². The molecule has 1 aliphatic rings. The maximum atomic E-state index is 12.8. The lowest BCUT2D eigenvalue weighted by molar-refractivity contribution is -0.112. The fraction of sp³-hybridized carbons (Fsp3) is 0.333. The topological polar surface area (TPSA) is 163 Å². The molecule has 0 radical (unpaired) electrons. The summed E-state index contributed by atoms with van der Waals surface area (Å²) in [5.41, 5.74) is 14.6. The highest BCUT2D eigenvalue weighted by molar-refractivity contribution is 6.06. The SMILES string of the molecule is Cc1ccc(NC(=O)C(/C=C(\N)C(C)(C)C#N)=C/N)cc1-c1cnc(NC2CCOCC2)c(C#N)c1. The number of pyridine rings is 1. The van der Waals surface area contributed by atoms with E-state index in [-0.39, 0.29) is 17.3 Å². The molecule has 0 aliphatic carbocycles. The Morgan fingerprint density at radius 3 is 2.61 bits per heavy atom. The minimum atomic E-state index is -0.942. The van der Waals surface area contributed by atoms with Gasteiger partial charge in [-0.15, -0.1) is 0 Å². The summed E-state index contributed by atoms with van der Waals surface area (Å²) in [6.07, 6.45) is 6.00. The van der Waals surface area contributed by atoms with Crippen molar-refractivity contribution >= 4 is 17.4 Å². The number of hydrogen-bond acceptors (Lipinski definition) is 8. The van der Waals surface area contributed by atoms with Crippen LogP contribution >= 0.6 is 0 Å². The highest BCUT2D eigenvalue weighted by Crippen LogP contribution is 2.29. The molecule has 3 rings (SSSR count). The van der Waals surface area contributed by atoms with E-state index in [0.29, 0.717) is 30.3 Å². The number of aromatic nitrogens is 1. The molecular weight excluding hydrogens is 454 g/mol. The van der Waals surface area contributed by atoms with Gasteiger partial charge >= 0.3 is 0 Å². The molecule has 1 aromatic heterocycles. The number of allylic oxidation sites excluding steroid dienone is 1. The Balaban J connectivity index is 1.84. The van der Waals surface area contributed by atoms with Gasteiger partial charge in [-0.3, -0.25) is 4.79 Å². The fourth-order valence-corrected chi connectivity index (χ4v) is 3.66. The first-order valence-corrected chi connectivity index (χ1v) is 11.7. The van der Waals surface area contributed by atoms with E-state index >= 15 is 0 Å². The summed E-state index contributed by atoms with van der Waals surface area (Å²) in [5.74, 6) is 0.0912. The summed E-state index contributed by atoms with van der Waals surface area (Å²) in [4.78, 5) is 17.4. The smallest absolute Gasteiger partial charge is 0.257 e. The van der Waals surface area contributed by atoms with Gasteiger partial charge in [-0.25, -0.2) is 4.98 Å². The molecule has 9 heteroatoms. The van der Waals surface area contributed by atoms with Gasteiger partial charge in [-0.2, -0.15) is 10.5 Å². The number of nitrogens with zero attached hydrogens (tertiary/aromatic N) is 3. The summed E-state index contributed by atoms with van der Waals surface area (Å²) in [6, 6.07) is 11.8. The number of aryl methyl sites for hydroxylation is 1. The molecule has 1 aliphatic heterocycles. The number of amides is 1. The van der Waals surface area contributed by atoms with Crippen LogP contribution in [0.15, 0.2) is 54.0 Å². The van der Waals surface area contributed by atoms with Crippen molar-refractivity contribution in [2.45, 2.75) is 39.7 Å². The maximum absolute atomic E-state index is 12.8. The number of nitriles is 2. The molecule has 0 atom stereocenters. The lowest BCUT2D eigenvalue weighted by atomic mass is 9.90. The van der Waals surface area contributed by atoms with E-state index in [1.54, 1.807) is 32.2 Å². The fourth-order valence-electron chi connectivity index (χ4n) is 3.66. The van der Waals surface area contributed by atoms with Crippen molar-refractivity contribution in [1.82, 2.24) is 4.98 Å². The zero-order chi connectivity index (χ0) is 26.3. The van der Waals surface area contributed by atoms with Gasteiger partial charge < -0.3 is 26.8 Å². The summed E-state index contributed by atoms with van der Waals surface area (Å²) in [5, 5.41) is 25.2. The normalized spacial score (nSPS) is 15.0. The molecule has 2 aromatic rings. The largest absolute Gasteiger partial charge is 0.404 e. The maximum Gasteiger partial charge on any atom is 0.257 e. The molecule has 36 heavy (non-hydrogen) atoms. The van der Waals surface area contributed by atoms with E-state index in [1.807, 2.05) is 19.1 Å². The Morgan fingerprint density at radius 2 is 1.97 bits per heavy atom. The Bertz CT molecular complexity index is 1280. The number of rotatable bonds is 7. The molecule has 186 valence electrons. The minimum absolute atomic E-state index is 0.134. The van der Waals surface area contributed by atoms with Gasteiger partial charge in [0.15, 0.2) is 0 Å². The lowest BCUT2D eigenvalue weighted by Gasteiger charge is -2.24. The summed E-state index contributed by atoms with van der Waals surface area (Å²) < 4.78 is 5.40. The van der Waals surface area contributed by atoms with Gasteiger partial charge in [0, 0.05) is 48.6 Å². The van der Waals surface area contributed by atoms with Gasteiger partial charge in [0.2, 0.25) is 0 Å². The molecule has 1 fully saturated rings. The number of nitrogens with two attached hydrogens (primary N) is 2. The Labute approximate surface area is 211 Å². The van der Waals surface area contributed by atoms with E-state index in [4.69, 9.17) is 16.2 Å². The number of benzene rings is 1. The van der Waals surface area contributed by atoms with Crippen molar-refractivity contribution in [2.75, 3.05) is 23.8 Å². The van der Waals surface area contributed by atoms with Gasteiger partial charge in [0.1, 0.15) is 11.9 Å². The van der Waals surface area contributed by atoms with Gasteiger partial charge in [-0.05, 0) is 69.0 Å².